The van der Waals surface area contributed by atoms with Gasteiger partial charge in [-0.2, -0.15) is 15.1 Å². The minimum Gasteiger partial charge on any atom is -0.318 e. The molecule has 1 aromatic carbocycles. The van der Waals surface area contributed by atoms with Gasteiger partial charge in [-0.1, -0.05) is 24.9 Å². The van der Waals surface area contributed by atoms with Gasteiger partial charge in [-0.25, -0.2) is 4.39 Å². The van der Waals surface area contributed by atoms with E-state index >= 15 is 0 Å². The van der Waals surface area contributed by atoms with Gasteiger partial charge in [-0.05, 0) is 74.4 Å². The minimum atomic E-state index is -0.479. The number of amidine groups is 2. The Morgan fingerprint density at radius 3 is 2.77 bits per heavy atom. The SMILES string of the molecule is CCCCC1=NN2C(=N)C(=Cc3cc(C)n(-c4ccc(F)c(Cl)c4)c3C)C(=O)N=C2S1. The number of nitrogens with one attached hydrogen (secondary N) is 1. The normalized spacial score (nSPS) is 17.3. The highest BCUT2D eigenvalue weighted by Crippen LogP contribution is 2.31. The molecule has 0 aliphatic carbocycles. The first-order chi connectivity index (χ1) is 14.8. The number of carbonyl (C=O) groups excluding carboxylic acids is 1. The summed E-state index contributed by atoms with van der Waals surface area (Å²) >= 11 is 7.31. The molecule has 0 radical (unpaired) electrons. The number of benzene rings is 1. The van der Waals surface area contributed by atoms with E-state index in [1.54, 1.807) is 18.2 Å². The zero-order valence-corrected chi connectivity index (χ0v) is 18.9. The third-order valence-electron chi connectivity index (χ3n) is 5.17. The lowest BCUT2D eigenvalue weighted by molar-refractivity contribution is -0.114. The average molecular weight is 458 g/mol. The van der Waals surface area contributed by atoms with Crippen LogP contribution >= 0.6 is 23.4 Å². The molecule has 4 rings (SSSR count). The van der Waals surface area contributed by atoms with Crippen molar-refractivity contribution >= 4 is 51.4 Å². The zero-order chi connectivity index (χ0) is 22.3. The van der Waals surface area contributed by atoms with Crippen molar-refractivity contribution in [2.24, 2.45) is 10.1 Å². The molecule has 2 aliphatic rings. The van der Waals surface area contributed by atoms with Gasteiger partial charge in [0.25, 0.3) is 5.91 Å². The number of halogens is 2. The van der Waals surface area contributed by atoms with E-state index in [9.17, 15) is 9.18 Å². The number of aliphatic imine (C=N–C) groups is 1. The molecule has 1 N–H and O–H groups in total. The van der Waals surface area contributed by atoms with Crippen LogP contribution in [0.4, 0.5) is 4.39 Å². The molecule has 31 heavy (non-hydrogen) atoms. The van der Waals surface area contributed by atoms with Gasteiger partial charge in [0.2, 0.25) is 5.17 Å². The molecule has 2 aromatic rings. The summed E-state index contributed by atoms with van der Waals surface area (Å²) in [6, 6.07) is 6.45. The number of hydrogen-bond acceptors (Lipinski definition) is 4. The van der Waals surface area contributed by atoms with Crippen LogP contribution in [-0.2, 0) is 4.79 Å². The molecule has 0 fully saturated rings. The maximum Gasteiger partial charge on any atom is 0.283 e. The van der Waals surface area contributed by atoms with E-state index in [4.69, 9.17) is 17.0 Å². The van der Waals surface area contributed by atoms with E-state index in [1.807, 2.05) is 24.5 Å². The molecule has 1 aromatic heterocycles. The van der Waals surface area contributed by atoms with Crippen LogP contribution in [0.25, 0.3) is 11.8 Å². The largest absolute Gasteiger partial charge is 0.318 e. The van der Waals surface area contributed by atoms with Crippen LogP contribution in [0.1, 0.15) is 43.1 Å². The van der Waals surface area contributed by atoms with Crippen molar-refractivity contribution in [3.05, 3.63) is 57.6 Å². The van der Waals surface area contributed by atoms with Gasteiger partial charge in [0.05, 0.1) is 10.6 Å². The number of nitrogens with zero attached hydrogens (tertiary/aromatic N) is 4. The number of thioether (sulfide) groups is 1. The van der Waals surface area contributed by atoms with E-state index in [-0.39, 0.29) is 16.4 Å². The molecule has 1 amide bonds. The van der Waals surface area contributed by atoms with Crippen molar-refractivity contribution in [3.63, 3.8) is 0 Å². The summed E-state index contributed by atoms with van der Waals surface area (Å²) in [5.74, 6) is -0.915. The van der Waals surface area contributed by atoms with Crippen LogP contribution in [0.2, 0.25) is 5.02 Å². The first kappa shape index (κ1) is 21.5. The molecule has 160 valence electrons. The molecule has 0 atom stereocenters. The van der Waals surface area contributed by atoms with E-state index in [1.165, 1.54) is 22.8 Å². The van der Waals surface area contributed by atoms with Gasteiger partial charge in [0.15, 0.2) is 5.84 Å². The topological polar surface area (TPSA) is 73.8 Å². The predicted molar refractivity (Wildman–Crippen MR) is 125 cm³/mol. The first-order valence-electron chi connectivity index (χ1n) is 9.93. The van der Waals surface area contributed by atoms with E-state index < -0.39 is 11.7 Å². The average Bonchev–Trinajstić information content (AvgIpc) is 3.26. The molecule has 3 heterocycles. The van der Waals surface area contributed by atoms with Crippen molar-refractivity contribution in [1.82, 2.24) is 9.58 Å². The van der Waals surface area contributed by atoms with E-state index in [2.05, 4.69) is 17.0 Å². The predicted octanol–water partition coefficient (Wildman–Crippen LogP) is 5.70. The highest BCUT2D eigenvalue weighted by atomic mass is 35.5. The summed E-state index contributed by atoms with van der Waals surface area (Å²) in [6.45, 7) is 5.92. The maximum atomic E-state index is 13.6. The summed E-state index contributed by atoms with van der Waals surface area (Å²) in [5.41, 5.74) is 3.40. The molecular formula is C22H21ClFN5OS. The lowest BCUT2D eigenvalue weighted by Crippen LogP contribution is -2.35. The quantitative estimate of drug-likeness (QED) is 0.585. The third kappa shape index (κ3) is 3.97. The van der Waals surface area contributed by atoms with Gasteiger partial charge >= 0.3 is 0 Å². The Hall–Kier alpha value is -2.71. The molecule has 9 heteroatoms. The number of rotatable bonds is 5. The standard InChI is InChI=1S/C22H21ClFN5OS/c1-4-5-6-19-27-29-20(25)16(21(30)26-22(29)31-19)10-14-9-12(2)28(13(14)3)15-7-8-18(24)17(23)11-15/h7-11,25H,4-6H2,1-3H3. The van der Waals surface area contributed by atoms with Crippen LogP contribution in [0.15, 0.2) is 39.9 Å². The Kier molecular flexibility index (Phi) is 5.85. The number of aryl methyl sites for hydroxylation is 1. The van der Waals surface area contributed by atoms with Crippen molar-refractivity contribution in [3.8, 4) is 5.69 Å². The fourth-order valence-electron chi connectivity index (χ4n) is 3.57. The Labute approximate surface area is 189 Å². The summed E-state index contributed by atoms with van der Waals surface area (Å²) in [5, 5.41) is 15.8. The molecule has 0 saturated heterocycles. The van der Waals surface area contributed by atoms with Crippen molar-refractivity contribution in [2.45, 2.75) is 40.0 Å². The monoisotopic (exact) mass is 457 g/mol. The van der Waals surface area contributed by atoms with Crippen LogP contribution in [0.3, 0.4) is 0 Å². The maximum absolute atomic E-state index is 13.6. The molecule has 0 saturated carbocycles. The van der Waals surface area contributed by atoms with Gasteiger partial charge in [0, 0.05) is 17.1 Å². The summed E-state index contributed by atoms with van der Waals surface area (Å²) in [4.78, 5) is 16.8. The zero-order valence-electron chi connectivity index (χ0n) is 17.4. The van der Waals surface area contributed by atoms with Crippen LogP contribution in [0, 0.1) is 25.1 Å². The van der Waals surface area contributed by atoms with Crippen molar-refractivity contribution in [1.29, 1.82) is 5.41 Å². The van der Waals surface area contributed by atoms with Crippen LogP contribution in [0.5, 0.6) is 0 Å². The summed E-state index contributed by atoms with van der Waals surface area (Å²) < 4.78 is 15.5. The number of hydrazone groups is 1. The smallest absolute Gasteiger partial charge is 0.283 e. The van der Waals surface area contributed by atoms with Gasteiger partial charge in [-0.15, -0.1) is 0 Å². The number of aromatic nitrogens is 1. The third-order valence-corrected chi connectivity index (χ3v) is 6.43. The molecule has 6 nitrogen and oxygen atoms in total. The minimum absolute atomic E-state index is 0.0172. The first-order valence-corrected chi connectivity index (χ1v) is 11.1. The highest BCUT2D eigenvalue weighted by molar-refractivity contribution is 8.26. The van der Waals surface area contributed by atoms with Gasteiger partial charge in [-0.3, -0.25) is 10.2 Å². The number of carbonyl (C=O) groups is 1. The second-order valence-electron chi connectivity index (χ2n) is 7.38. The van der Waals surface area contributed by atoms with Gasteiger partial charge in [0.1, 0.15) is 10.9 Å². The second-order valence-corrected chi connectivity index (χ2v) is 8.83. The van der Waals surface area contributed by atoms with E-state index in [0.717, 1.165) is 46.9 Å². The lowest BCUT2D eigenvalue weighted by Gasteiger charge is -2.20. The number of fused-ring (bicyclic) bond motifs is 1. The Morgan fingerprint density at radius 2 is 2.06 bits per heavy atom. The molecule has 0 bridgehead atoms. The summed E-state index contributed by atoms with van der Waals surface area (Å²) in [6.07, 6.45) is 4.51. The fourth-order valence-corrected chi connectivity index (χ4v) is 4.67. The fraction of sp³-hybridized carbons (Fsp3) is 0.273. The number of unbranched alkanes of at least 4 members (excludes halogenated alkanes) is 1. The van der Waals surface area contributed by atoms with E-state index in [0.29, 0.717) is 5.17 Å². The second kappa shape index (κ2) is 8.43. The van der Waals surface area contributed by atoms with Crippen molar-refractivity contribution < 1.29 is 9.18 Å². The molecular weight excluding hydrogens is 437 g/mol. The Morgan fingerprint density at radius 1 is 1.29 bits per heavy atom. The molecule has 0 spiro atoms. The molecule has 2 aliphatic heterocycles. The molecule has 0 unspecified atom stereocenters. The summed E-state index contributed by atoms with van der Waals surface area (Å²) in [7, 11) is 0. The Balaban J connectivity index is 1.69. The number of amides is 1. The Bertz CT molecular complexity index is 1200. The van der Waals surface area contributed by atoms with Crippen LogP contribution < -0.4 is 0 Å². The lowest BCUT2D eigenvalue weighted by atomic mass is 10.1. The number of hydrogen-bond donors (Lipinski definition) is 1. The van der Waals surface area contributed by atoms with Gasteiger partial charge < -0.3 is 4.57 Å². The van der Waals surface area contributed by atoms with Crippen LogP contribution in [-0.4, -0.2) is 31.5 Å². The highest BCUT2D eigenvalue weighted by Gasteiger charge is 2.35. The van der Waals surface area contributed by atoms with Crippen molar-refractivity contribution in [2.75, 3.05) is 0 Å².